The van der Waals surface area contributed by atoms with Crippen LogP contribution in [-0.4, -0.2) is 36.9 Å². The molecule has 3 aliphatic rings. The summed E-state index contributed by atoms with van der Waals surface area (Å²) >= 11 is 3.36. The lowest BCUT2D eigenvalue weighted by Gasteiger charge is -2.32. The van der Waals surface area contributed by atoms with Crippen molar-refractivity contribution in [3.05, 3.63) is 46.5 Å². The van der Waals surface area contributed by atoms with Crippen molar-refractivity contribution in [2.24, 2.45) is 5.92 Å². The van der Waals surface area contributed by atoms with Crippen LogP contribution < -0.4 is 0 Å². The van der Waals surface area contributed by atoms with Gasteiger partial charge in [0.15, 0.2) is 11.6 Å². The molecule has 4 rings (SSSR count). The minimum Gasteiger partial charge on any atom is -0.462 e. The Bertz CT molecular complexity index is 718. The van der Waals surface area contributed by atoms with Gasteiger partial charge in [-0.3, -0.25) is 0 Å². The van der Waals surface area contributed by atoms with E-state index in [1.165, 1.54) is 0 Å². The molecule has 0 amide bonds. The Balaban J connectivity index is 1.29. The van der Waals surface area contributed by atoms with Gasteiger partial charge in [-0.15, -0.1) is 0 Å². The van der Waals surface area contributed by atoms with Crippen molar-refractivity contribution in [2.45, 2.75) is 56.7 Å². The number of carbonyl (C=O) groups excluding carboxylic acids is 1. The van der Waals surface area contributed by atoms with Gasteiger partial charge in [0.05, 0.1) is 24.9 Å². The van der Waals surface area contributed by atoms with E-state index in [0.717, 1.165) is 30.2 Å². The monoisotopic (exact) mass is 436 g/mol. The van der Waals surface area contributed by atoms with Crippen LogP contribution in [0.2, 0.25) is 0 Å². The average Bonchev–Trinajstić information content (AvgIpc) is 3.15. The standard InChI is InChI=1S/C21H25BrO5/c1-15-14-21(11-10-20(27-21)9-2-3-12-25-20)26-18(15)8-13-24-19(23)16-4-6-17(22)7-5-16/h2,4-7,9,15,18H,3,8,10-14H2,1H3/t15-,18-,20?,21?/m1/s1. The van der Waals surface area contributed by atoms with E-state index < -0.39 is 11.6 Å². The second kappa shape index (κ2) is 7.66. The highest BCUT2D eigenvalue weighted by Crippen LogP contribution is 2.50. The SMILES string of the molecule is C[C@@H]1CC2(CCC3(C=CCCO3)O2)O[C@@H]1CCOC(=O)c1ccc(Br)cc1. The van der Waals surface area contributed by atoms with E-state index in [2.05, 4.69) is 28.9 Å². The van der Waals surface area contributed by atoms with Gasteiger partial charge in [0, 0.05) is 30.2 Å². The van der Waals surface area contributed by atoms with Gasteiger partial charge >= 0.3 is 5.97 Å². The number of halogens is 1. The molecule has 146 valence electrons. The van der Waals surface area contributed by atoms with Crippen LogP contribution >= 0.6 is 15.9 Å². The van der Waals surface area contributed by atoms with Crippen molar-refractivity contribution in [2.75, 3.05) is 13.2 Å². The summed E-state index contributed by atoms with van der Waals surface area (Å²) in [5, 5.41) is 0. The van der Waals surface area contributed by atoms with Gasteiger partial charge < -0.3 is 18.9 Å². The number of carbonyl (C=O) groups is 1. The summed E-state index contributed by atoms with van der Waals surface area (Å²) in [5.41, 5.74) is 0.553. The van der Waals surface area contributed by atoms with Gasteiger partial charge in [-0.1, -0.05) is 28.9 Å². The van der Waals surface area contributed by atoms with Gasteiger partial charge in [0.1, 0.15) is 0 Å². The van der Waals surface area contributed by atoms with E-state index >= 15 is 0 Å². The summed E-state index contributed by atoms with van der Waals surface area (Å²) < 4.78 is 24.9. The summed E-state index contributed by atoms with van der Waals surface area (Å²) in [6, 6.07) is 7.16. The number of hydrogen-bond donors (Lipinski definition) is 0. The van der Waals surface area contributed by atoms with Crippen LogP contribution in [0.3, 0.4) is 0 Å². The molecule has 0 saturated carbocycles. The second-order valence-electron chi connectivity index (χ2n) is 7.63. The van der Waals surface area contributed by atoms with Crippen molar-refractivity contribution in [1.29, 1.82) is 0 Å². The molecule has 2 spiro atoms. The molecule has 2 saturated heterocycles. The Morgan fingerprint density at radius 3 is 2.85 bits per heavy atom. The van der Waals surface area contributed by atoms with Crippen molar-refractivity contribution < 1.29 is 23.7 Å². The third kappa shape index (κ3) is 4.14. The third-order valence-electron chi connectivity index (χ3n) is 5.57. The molecule has 4 atom stereocenters. The first-order chi connectivity index (χ1) is 13.0. The molecule has 0 aliphatic carbocycles. The van der Waals surface area contributed by atoms with Crippen LogP contribution in [0, 0.1) is 5.92 Å². The van der Waals surface area contributed by atoms with E-state index in [1.54, 1.807) is 12.1 Å². The molecule has 2 fully saturated rings. The van der Waals surface area contributed by atoms with E-state index in [1.807, 2.05) is 18.2 Å². The van der Waals surface area contributed by atoms with Gasteiger partial charge in [0.25, 0.3) is 0 Å². The molecule has 3 heterocycles. The molecule has 0 bridgehead atoms. The molecule has 0 aromatic heterocycles. The number of ether oxygens (including phenoxy) is 4. The van der Waals surface area contributed by atoms with Crippen LogP contribution in [0.5, 0.6) is 0 Å². The van der Waals surface area contributed by atoms with Crippen molar-refractivity contribution in [3.63, 3.8) is 0 Å². The molecule has 3 aliphatic heterocycles. The molecule has 2 unspecified atom stereocenters. The predicted octanol–water partition coefficient (Wildman–Crippen LogP) is 4.60. The summed E-state index contributed by atoms with van der Waals surface area (Å²) in [6.45, 7) is 3.20. The smallest absolute Gasteiger partial charge is 0.338 e. The van der Waals surface area contributed by atoms with Gasteiger partial charge in [-0.2, -0.15) is 0 Å². The Labute approximate surface area is 168 Å². The lowest BCUT2D eigenvalue weighted by atomic mass is 9.97. The van der Waals surface area contributed by atoms with E-state index in [9.17, 15) is 4.79 Å². The third-order valence-corrected chi connectivity index (χ3v) is 6.09. The minimum atomic E-state index is -0.610. The first-order valence-corrected chi connectivity index (χ1v) is 10.4. The maximum absolute atomic E-state index is 12.1. The topological polar surface area (TPSA) is 54.0 Å². The first-order valence-electron chi connectivity index (χ1n) is 9.62. The van der Waals surface area contributed by atoms with Gasteiger partial charge in [0.2, 0.25) is 0 Å². The maximum atomic E-state index is 12.1. The predicted molar refractivity (Wildman–Crippen MR) is 103 cm³/mol. The average molecular weight is 437 g/mol. The number of esters is 1. The van der Waals surface area contributed by atoms with Crippen molar-refractivity contribution in [3.8, 4) is 0 Å². The maximum Gasteiger partial charge on any atom is 0.338 e. The Morgan fingerprint density at radius 2 is 2.11 bits per heavy atom. The zero-order valence-corrected chi connectivity index (χ0v) is 17.1. The van der Waals surface area contributed by atoms with Crippen molar-refractivity contribution >= 4 is 21.9 Å². The van der Waals surface area contributed by atoms with Crippen LogP contribution in [0.4, 0.5) is 0 Å². The van der Waals surface area contributed by atoms with Crippen LogP contribution in [0.15, 0.2) is 40.9 Å². The summed E-state index contributed by atoms with van der Waals surface area (Å²) in [6.07, 6.45) is 8.27. The quantitative estimate of drug-likeness (QED) is 0.509. The molecular weight excluding hydrogens is 412 g/mol. The second-order valence-corrected chi connectivity index (χ2v) is 8.55. The van der Waals surface area contributed by atoms with Gasteiger partial charge in [-0.25, -0.2) is 4.79 Å². The molecule has 27 heavy (non-hydrogen) atoms. The molecule has 5 nitrogen and oxygen atoms in total. The molecule has 1 aromatic carbocycles. The molecule has 0 N–H and O–H groups in total. The zero-order chi connectivity index (χ0) is 18.9. The summed E-state index contributed by atoms with van der Waals surface area (Å²) in [4.78, 5) is 12.1. The zero-order valence-electron chi connectivity index (χ0n) is 15.5. The number of hydrogen-bond acceptors (Lipinski definition) is 5. The Kier molecular flexibility index (Phi) is 5.43. The highest BCUT2D eigenvalue weighted by molar-refractivity contribution is 9.10. The summed E-state index contributed by atoms with van der Waals surface area (Å²) in [5.74, 6) is -1.14. The Hall–Kier alpha value is -1.21. The highest BCUT2D eigenvalue weighted by atomic mass is 79.9. The Morgan fingerprint density at radius 1 is 1.30 bits per heavy atom. The number of benzene rings is 1. The fraction of sp³-hybridized carbons (Fsp3) is 0.571. The van der Waals surface area contributed by atoms with E-state index in [-0.39, 0.29) is 12.1 Å². The fourth-order valence-electron chi connectivity index (χ4n) is 4.18. The molecule has 0 radical (unpaired) electrons. The largest absolute Gasteiger partial charge is 0.462 e. The van der Waals surface area contributed by atoms with E-state index in [0.29, 0.717) is 31.1 Å². The van der Waals surface area contributed by atoms with Crippen LogP contribution in [0.25, 0.3) is 0 Å². The lowest BCUT2D eigenvalue weighted by Crippen LogP contribution is -2.38. The summed E-state index contributed by atoms with van der Waals surface area (Å²) in [7, 11) is 0. The molecule has 1 aromatic rings. The molecular formula is C21H25BrO5. The van der Waals surface area contributed by atoms with Crippen molar-refractivity contribution in [1.82, 2.24) is 0 Å². The number of rotatable bonds is 4. The normalized spacial score (nSPS) is 35.2. The van der Waals surface area contributed by atoms with E-state index in [4.69, 9.17) is 18.9 Å². The highest BCUT2D eigenvalue weighted by Gasteiger charge is 2.55. The van der Waals surface area contributed by atoms with Crippen LogP contribution in [0.1, 0.15) is 49.4 Å². The van der Waals surface area contributed by atoms with Crippen LogP contribution in [-0.2, 0) is 18.9 Å². The first kappa shape index (κ1) is 19.1. The molecule has 6 heteroatoms. The lowest BCUT2D eigenvalue weighted by molar-refractivity contribution is -0.297. The fourth-order valence-corrected chi connectivity index (χ4v) is 4.45. The van der Waals surface area contributed by atoms with Gasteiger partial charge in [-0.05, 0) is 42.7 Å². The minimum absolute atomic E-state index is 0.0189.